The predicted octanol–water partition coefficient (Wildman–Crippen LogP) is -0.0618. The summed E-state index contributed by atoms with van der Waals surface area (Å²) in [6.07, 6.45) is 2.58. The molecule has 2 unspecified atom stereocenters. The average molecular weight is 333 g/mol. The molecule has 0 spiro atoms. The van der Waals surface area contributed by atoms with E-state index in [2.05, 4.69) is 18.8 Å². The second-order valence-electron chi connectivity index (χ2n) is 7.01. The molecule has 0 N–H and O–H groups in total. The molecule has 3 rings (SSSR count). The maximum Gasteiger partial charge on any atom is 0.332 e. The van der Waals surface area contributed by atoms with Crippen molar-refractivity contribution in [2.24, 2.45) is 25.9 Å². The van der Waals surface area contributed by atoms with Gasteiger partial charge in [-0.25, -0.2) is 14.3 Å². The Morgan fingerprint density at radius 3 is 2.46 bits per heavy atom. The molecule has 1 amide bonds. The molecule has 0 aromatic carbocycles. The summed E-state index contributed by atoms with van der Waals surface area (Å²) >= 11 is 0. The van der Waals surface area contributed by atoms with E-state index in [9.17, 15) is 14.4 Å². The van der Waals surface area contributed by atoms with Crippen LogP contribution >= 0.6 is 0 Å². The summed E-state index contributed by atoms with van der Waals surface area (Å²) in [5.41, 5.74) is -0.334. The number of piperidine rings is 1. The number of nitrogens with zero attached hydrogens (tertiary/aromatic N) is 5. The largest absolute Gasteiger partial charge is 0.341 e. The number of carbonyl (C=O) groups excluding carboxylic acids is 1. The van der Waals surface area contributed by atoms with E-state index in [-0.39, 0.29) is 12.5 Å². The highest BCUT2D eigenvalue weighted by Gasteiger charge is 2.26. The van der Waals surface area contributed by atoms with E-state index in [1.807, 2.05) is 0 Å². The summed E-state index contributed by atoms with van der Waals surface area (Å²) in [4.78, 5) is 43.6. The van der Waals surface area contributed by atoms with Crippen LogP contribution in [0, 0.1) is 11.8 Å². The lowest BCUT2D eigenvalue weighted by molar-refractivity contribution is -0.134. The zero-order valence-electron chi connectivity index (χ0n) is 14.5. The quantitative estimate of drug-likeness (QED) is 0.771. The van der Waals surface area contributed by atoms with Crippen molar-refractivity contribution >= 4 is 17.1 Å². The summed E-state index contributed by atoms with van der Waals surface area (Å²) in [5.74, 6) is 0.669. The third kappa shape index (κ3) is 2.65. The van der Waals surface area contributed by atoms with Crippen LogP contribution in [0.5, 0.6) is 0 Å². The van der Waals surface area contributed by atoms with Crippen molar-refractivity contribution in [2.75, 3.05) is 13.1 Å². The summed E-state index contributed by atoms with van der Waals surface area (Å²) in [7, 11) is 3.25. The molecular formula is C16H23N5O3. The van der Waals surface area contributed by atoms with Crippen LogP contribution < -0.4 is 11.2 Å². The maximum absolute atomic E-state index is 12.6. The summed E-state index contributed by atoms with van der Waals surface area (Å²) in [6, 6.07) is 0. The molecule has 0 radical (unpaired) electrons. The number of hydrogen-bond acceptors (Lipinski definition) is 4. The highest BCUT2D eigenvalue weighted by molar-refractivity contribution is 5.77. The van der Waals surface area contributed by atoms with Gasteiger partial charge in [0.05, 0.1) is 6.33 Å². The van der Waals surface area contributed by atoms with Crippen molar-refractivity contribution in [1.82, 2.24) is 23.6 Å². The lowest BCUT2D eigenvalue weighted by Crippen LogP contribution is -2.48. The van der Waals surface area contributed by atoms with E-state index in [1.165, 1.54) is 10.9 Å². The fourth-order valence-electron chi connectivity index (χ4n) is 3.64. The number of likely N-dealkylation sites (tertiary alicyclic amines) is 1. The van der Waals surface area contributed by atoms with Gasteiger partial charge in [-0.2, -0.15) is 0 Å². The second-order valence-corrected chi connectivity index (χ2v) is 7.01. The molecule has 130 valence electrons. The Morgan fingerprint density at radius 1 is 1.21 bits per heavy atom. The molecule has 1 aliphatic rings. The third-order valence-electron chi connectivity index (χ3n) is 4.72. The van der Waals surface area contributed by atoms with Gasteiger partial charge in [0.15, 0.2) is 11.2 Å². The number of aromatic nitrogens is 4. The highest BCUT2D eigenvalue weighted by Crippen LogP contribution is 2.21. The number of carbonyl (C=O) groups is 1. The van der Waals surface area contributed by atoms with Crippen molar-refractivity contribution in [1.29, 1.82) is 0 Å². The Balaban J connectivity index is 1.98. The predicted molar refractivity (Wildman–Crippen MR) is 89.7 cm³/mol. The van der Waals surface area contributed by atoms with E-state index in [4.69, 9.17) is 0 Å². The molecule has 0 saturated carbocycles. The van der Waals surface area contributed by atoms with Crippen LogP contribution in [0.15, 0.2) is 15.9 Å². The minimum absolute atomic E-state index is 0.186. The van der Waals surface area contributed by atoms with Crippen molar-refractivity contribution in [3.8, 4) is 0 Å². The molecule has 2 aromatic rings. The fraction of sp³-hybridized carbons (Fsp3) is 0.625. The first kappa shape index (κ1) is 16.5. The minimum Gasteiger partial charge on any atom is -0.341 e. The topological polar surface area (TPSA) is 82.1 Å². The number of hydrogen-bond donors (Lipinski definition) is 0. The van der Waals surface area contributed by atoms with Gasteiger partial charge < -0.3 is 9.47 Å². The van der Waals surface area contributed by atoms with Gasteiger partial charge in [-0.3, -0.25) is 14.2 Å². The SMILES string of the molecule is CC1CC(C)CN(C(=O)Cn2c(=O)c3c(ncn3C)n(C)c2=O)C1. The molecule has 2 aromatic heterocycles. The molecule has 1 fully saturated rings. The zero-order chi connectivity index (χ0) is 17.6. The van der Waals surface area contributed by atoms with E-state index >= 15 is 0 Å². The van der Waals surface area contributed by atoms with Gasteiger partial charge in [0.25, 0.3) is 5.56 Å². The van der Waals surface area contributed by atoms with Crippen LogP contribution in [-0.2, 0) is 25.4 Å². The van der Waals surface area contributed by atoms with Gasteiger partial charge in [-0.1, -0.05) is 13.8 Å². The normalized spacial score (nSPS) is 21.4. The summed E-state index contributed by atoms with van der Waals surface area (Å²) in [5, 5.41) is 0. The van der Waals surface area contributed by atoms with Crippen molar-refractivity contribution in [2.45, 2.75) is 26.8 Å². The minimum atomic E-state index is -0.516. The van der Waals surface area contributed by atoms with Crippen molar-refractivity contribution in [3.63, 3.8) is 0 Å². The highest BCUT2D eigenvalue weighted by atomic mass is 16.2. The first-order valence-electron chi connectivity index (χ1n) is 8.18. The maximum atomic E-state index is 12.6. The second kappa shape index (κ2) is 5.92. The molecule has 1 saturated heterocycles. The van der Waals surface area contributed by atoms with Crippen LogP contribution in [0.25, 0.3) is 11.2 Å². The lowest BCUT2D eigenvalue weighted by Gasteiger charge is -2.35. The van der Waals surface area contributed by atoms with Crippen LogP contribution in [0.3, 0.4) is 0 Å². The third-order valence-corrected chi connectivity index (χ3v) is 4.72. The molecule has 8 nitrogen and oxygen atoms in total. The fourth-order valence-corrected chi connectivity index (χ4v) is 3.64. The van der Waals surface area contributed by atoms with Crippen LogP contribution in [0.4, 0.5) is 0 Å². The van der Waals surface area contributed by atoms with Gasteiger partial charge in [-0.05, 0) is 18.3 Å². The monoisotopic (exact) mass is 333 g/mol. The Bertz CT molecular complexity index is 897. The first-order chi connectivity index (χ1) is 11.3. The smallest absolute Gasteiger partial charge is 0.332 e. The van der Waals surface area contributed by atoms with Crippen molar-refractivity contribution < 1.29 is 4.79 Å². The number of aryl methyl sites for hydroxylation is 2. The number of amides is 1. The van der Waals surface area contributed by atoms with Crippen LogP contribution in [0.2, 0.25) is 0 Å². The molecule has 2 atom stereocenters. The van der Waals surface area contributed by atoms with Gasteiger partial charge in [0, 0.05) is 27.2 Å². The van der Waals surface area contributed by atoms with Gasteiger partial charge >= 0.3 is 5.69 Å². The standard InChI is InChI=1S/C16H23N5O3/c1-10-5-11(2)7-20(6-10)12(22)8-21-15(23)13-14(17-9-18(13)3)19(4)16(21)24/h9-11H,5-8H2,1-4H3. The lowest BCUT2D eigenvalue weighted by atomic mass is 9.92. The Hall–Kier alpha value is -2.38. The molecule has 24 heavy (non-hydrogen) atoms. The number of fused-ring (bicyclic) bond motifs is 1. The first-order valence-corrected chi connectivity index (χ1v) is 8.18. The van der Waals surface area contributed by atoms with Gasteiger partial charge in [-0.15, -0.1) is 0 Å². The Morgan fingerprint density at radius 2 is 1.83 bits per heavy atom. The number of imidazole rings is 1. The summed E-state index contributed by atoms with van der Waals surface area (Å²) in [6.45, 7) is 5.34. The molecule has 1 aliphatic heterocycles. The molecule has 3 heterocycles. The van der Waals surface area contributed by atoms with E-state index in [0.717, 1.165) is 11.0 Å². The summed E-state index contributed by atoms with van der Waals surface area (Å²) < 4.78 is 3.89. The van der Waals surface area contributed by atoms with E-state index in [0.29, 0.717) is 36.1 Å². The number of rotatable bonds is 2. The molecule has 0 bridgehead atoms. The van der Waals surface area contributed by atoms with E-state index in [1.54, 1.807) is 23.6 Å². The van der Waals surface area contributed by atoms with Gasteiger partial charge in [0.2, 0.25) is 5.91 Å². The zero-order valence-corrected chi connectivity index (χ0v) is 14.5. The van der Waals surface area contributed by atoms with Crippen LogP contribution in [0.1, 0.15) is 20.3 Å². The molecule has 8 heteroatoms. The molecular weight excluding hydrogens is 310 g/mol. The van der Waals surface area contributed by atoms with E-state index < -0.39 is 11.2 Å². The molecule has 0 aliphatic carbocycles. The van der Waals surface area contributed by atoms with Crippen LogP contribution in [-0.4, -0.2) is 42.6 Å². The van der Waals surface area contributed by atoms with Crippen molar-refractivity contribution in [3.05, 3.63) is 27.2 Å². The average Bonchev–Trinajstić information content (AvgIpc) is 2.90. The van der Waals surface area contributed by atoms with Gasteiger partial charge in [0.1, 0.15) is 6.54 Å². The Labute approximate surface area is 139 Å². The Kier molecular flexibility index (Phi) is 4.06.